The molecule has 6 heteroatoms. The monoisotopic (exact) mass is 356 g/mol. The van der Waals surface area contributed by atoms with Gasteiger partial charge in [-0.15, -0.1) is 0 Å². The Hall–Kier alpha value is -1.92. The van der Waals surface area contributed by atoms with Crippen LogP contribution in [0.1, 0.15) is 24.8 Å². The molecule has 1 N–H and O–H groups in total. The average molecular weight is 356 g/mol. The van der Waals surface area contributed by atoms with Crippen molar-refractivity contribution in [3.05, 3.63) is 30.0 Å². The highest BCUT2D eigenvalue weighted by molar-refractivity contribution is 5.82. The standard InChI is InChI=1S/C20H28N4O2/c1-16-3-2-4-18-17(16)13-22-24(18)8-5-19(25)21-14-20(6-7-20)15-23-9-11-26-12-10-23/h2-4,13H,5-12,14-15H2,1H3,(H,21,25). The normalized spacial score (nSPS) is 19.6. The van der Waals surface area contributed by atoms with Gasteiger partial charge in [-0.05, 0) is 31.4 Å². The van der Waals surface area contributed by atoms with Crippen molar-refractivity contribution in [2.24, 2.45) is 5.41 Å². The predicted molar refractivity (Wildman–Crippen MR) is 101 cm³/mol. The van der Waals surface area contributed by atoms with E-state index in [0.29, 0.717) is 18.4 Å². The number of carbonyl (C=O) groups is 1. The molecule has 26 heavy (non-hydrogen) atoms. The van der Waals surface area contributed by atoms with Crippen LogP contribution in [0.15, 0.2) is 24.4 Å². The molecule has 1 aliphatic carbocycles. The van der Waals surface area contributed by atoms with E-state index >= 15 is 0 Å². The van der Waals surface area contributed by atoms with E-state index in [1.165, 1.54) is 18.4 Å². The number of aryl methyl sites for hydroxylation is 2. The van der Waals surface area contributed by atoms with E-state index in [2.05, 4.69) is 34.4 Å². The van der Waals surface area contributed by atoms with Crippen LogP contribution < -0.4 is 5.32 Å². The Morgan fingerprint density at radius 3 is 2.88 bits per heavy atom. The van der Waals surface area contributed by atoms with Crippen molar-refractivity contribution >= 4 is 16.8 Å². The van der Waals surface area contributed by atoms with E-state index < -0.39 is 0 Å². The molecule has 1 aliphatic heterocycles. The minimum atomic E-state index is 0.120. The van der Waals surface area contributed by atoms with Crippen LogP contribution in [-0.2, 0) is 16.1 Å². The highest BCUT2D eigenvalue weighted by atomic mass is 16.5. The van der Waals surface area contributed by atoms with Gasteiger partial charge in [0.15, 0.2) is 0 Å². The molecule has 4 rings (SSSR count). The lowest BCUT2D eigenvalue weighted by atomic mass is 10.1. The number of nitrogens with zero attached hydrogens (tertiary/aromatic N) is 3. The van der Waals surface area contributed by atoms with Crippen LogP contribution in [0, 0.1) is 12.3 Å². The largest absolute Gasteiger partial charge is 0.379 e. The van der Waals surface area contributed by atoms with E-state index in [-0.39, 0.29) is 5.91 Å². The Bertz CT molecular complexity index is 775. The number of rotatable bonds is 7. The zero-order valence-corrected chi connectivity index (χ0v) is 15.5. The molecular weight excluding hydrogens is 328 g/mol. The van der Waals surface area contributed by atoms with E-state index in [4.69, 9.17) is 4.74 Å². The highest BCUT2D eigenvalue weighted by Crippen LogP contribution is 2.45. The summed E-state index contributed by atoms with van der Waals surface area (Å²) >= 11 is 0. The Labute approximate surface area is 154 Å². The van der Waals surface area contributed by atoms with Crippen molar-refractivity contribution in [1.29, 1.82) is 0 Å². The maximum atomic E-state index is 12.3. The topological polar surface area (TPSA) is 59.4 Å². The quantitative estimate of drug-likeness (QED) is 0.824. The zero-order chi connectivity index (χ0) is 18.0. The molecule has 6 nitrogen and oxygen atoms in total. The van der Waals surface area contributed by atoms with E-state index in [0.717, 1.165) is 50.3 Å². The molecule has 1 saturated heterocycles. The molecule has 1 saturated carbocycles. The van der Waals surface area contributed by atoms with Gasteiger partial charge in [0.25, 0.3) is 0 Å². The maximum Gasteiger partial charge on any atom is 0.221 e. The fourth-order valence-electron chi connectivity index (χ4n) is 3.81. The van der Waals surface area contributed by atoms with Crippen molar-refractivity contribution < 1.29 is 9.53 Å². The summed E-state index contributed by atoms with van der Waals surface area (Å²) in [5.74, 6) is 0.120. The molecule has 0 unspecified atom stereocenters. The van der Waals surface area contributed by atoms with Gasteiger partial charge in [-0.3, -0.25) is 14.4 Å². The van der Waals surface area contributed by atoms with Crippen LogP contribution in [0.2, 0.25) is 0 Å². The first-order valence-electron chi connectivity index (χ1n) is 9.63. The van der Waals surface area contributed by atoms with Gasteiger partial charge >= 0.3 is 0 Å². The molecule has 2 heterocycles. The second kappa shape index (κ2) is 7.37. The summed E-state index contributed by atoms with van der Waals surface area (Å²) in [6.07, 6.45) is 4.80. The van der Waals surface area contributed by atoms with Gasteiger partial charge in [-0.2, -0.15) is 5.10 Å². The molecule has 2 aliphatic rings. The van der Waals surface area contributed by atoms with Crippen molar-refractivity contribution in [2.45, 2.75) is 32.7 Å². The summed E-state index contributed by atoms with van der Waals surface area (Å²) in [6, 6.07) is 6.19. The number of fused-ring (bicyclic) bond motifs is 1. The number of morpholine rings is 1. The van der Waals surface area contributed by atoms with Crippen LogP contribution in [-0.4, -0.2) is 60.0 Å². The van der Waals surface area contributed by atoms with E-state index in [9.17, 15) is 4.79 Å². The fourth-order valence-corrected chi connectivity index (χ4v) is 3.81. The lowest BCUT2D eigenvalue weighted by Gasteiger charge is -2.30. The van der Waals surface area contributed by atoms with Crippen molar-refractivity contribution in [1.82, 2.24) is 20.0 Å². The first kappa shape index (κ1) is 17.5. The molecule has 1 amide bonds. The second-order valence-corrected chi connectivity index (χ2v) is 7.79. The Kier molecular flexibility index (Phi) is 4.96. The second-order valence-electron chi connectivity index (χ2n) is 7.79. The third-order valence-corrected chi connectivity index (χ3v) is 5.74. The van der Waals surface area contributed by atoms with Gasteiger partial charge in [0.2, 0.25) is 5.91 Å². The molecule has 0 bridgehead atoms. The molecule has 0 spiro atoms. The van der Waals surface area contributed by atoms with Gasteiger partial charge in [-0.25, -0.2) is 0 Å². The molecular formula is C20H28N4O2. The van der Waals surface area contributed by atoms with Gasteiger partial charge in [0, 0.05) is 43.4 Å². The van der Waals surface area contributed by atoms with Gasteiger partial charge in [0.05, 0.1) is 31.5 Å². The summed E-state index contributed by atoms with van der Waals surface area (Å²) < 4.78 is 7.35. The first-order chi connectivity index (χ1) is 12.7. The lowest BCUT2D eigenvalue weighted by Crippen LogP contribution is -2.43. The minimum Gasteiger partial charge on any atom is -0.379 e. The van der Waals surface area contributed by atoms with E-state index in [1.54, 1.807) is 0 Å². The molecule has 2 aromatic rings. The zero-order valence-electron chi connectivity index (χ0n) is 15.5. The number of aromatic nitrogens is 2. The number of nitrogens with one attached hydrogen (secondary N) is 1. The van der Waals surface area contributed by atoms with Crippen LogP contribution in [0.25, 0.3) is 10.9 Å². The smallest absolute Gasteiger partial charge is 0.221 e. The summed E-state index contributed by atoms with van der Waals surface area (Å²) in [5, 5.41) is 8.77. The number of hydrogen-bond acceptors (Lipinski definition) is 4. The van der Waals surface area contributed by atoms with Crippen LogP contribution in [0.4, 0.5) is 0 Å². The molecule has 140 valence electrons. The van der Waals surface area contributed by atoms with Crippen LogP contribution >= 0.6 is 0 Å². The molecule has 0 radical (unpaired) electrons. The SMILES string of the molecule is Cc1cccc2c1cnn2CCC(=O)NCC1(CN2CCOCC2)CC1. The number of amides is 1. The molecule has 2 fully saturated rings. The Balaban J connectivity index is 1.26. The third kappa shape index (κ3) is 3.91. The van der Waals surface area contributed by atoms with Crippen molar-refractivity contribution in [2.75, 3.05) is 39.4 Å². The number of benzene rings is 1. The summed E-state index contributed by atoms with van der Waals surface area (Å²) in [4.78, 5) is 14.8. The summed E-state index contributed by atoms with van der Waals surface area (Å²) in [7, 11) is 0. The van der Waals surface area contributed by atoms with Gasteiger partial charge < -0.3 is 10.1 Å². The van der Waals surface area contributed by atoms with Crippen LogP contribution in [0.5, 0.6) is 0 Å². The Morgan fingerprint density at radius 1 is 1.31 bits per heavy atom. The maximum absolute atomic E-state index is 12.3. The predicted octanol–water partition coefficient (Wildman–Crippen LogP) is 1.96. The summed E-state index contributed by atoms with van der Waals surface area (Å²) in [5.41, 5.74) is 2.61. The molecule has 1 aromatic heterocycles. The van der Waals surface area contributed by atoms with Crippen molar-refractivity contribution in [3.8, 4) is 0 Å². The van der Waals surface area contributed by atoms with E-state index in [1.807, 2.05) is 16.9 Å². The molecule has 1 aromatic carbocycles. The number of ether oxygens (including phenoxy) is 1. The fraction of sp³-hybridized carbons (Fsp3) is 0.600. The third-order valence-electron chi connectivity index (χ3n) is 5.74. The van der Waals surface area contributed by atoms with Gasteiger partial charge in [0.1, 0.15) is 0 Å². The summed E-state index contributed by atoms with van der Waals surface area (Å²) in [6.45, 7) is 8.28. The molecule has 0 atom stereocenters. The Morgan fingerprint density at radius 2 is 2.12 bits per heavy atom. The lowest BCUT2D eigenvalue weighted by molar-refractivity contribution is -0.121. The highest BCUT2D eigenvalue weighted by Gasteiger charge is 2.44. The first-order valence-corrected chi connectivity index (χ1v) is 9.63. The van der Waals surface area contributed by atoms with Crippen LogP contribution in [0.3, 0.4) is 0 Å². The number of carbonyl (C=O) groups excluding carboxylic acids is 1. The van der Waals surface area contributed by atoms with Crippen molar-refractivity contribution in [3.63, 3.8) is 0 Å². The average Bonchev–Trinajstić information content (AvgIpc) is 3.28. The minimum absolute atomic E-state index is 0.120. The number of hydrogen-bond donors (Lipinski definition) is 1. The van der Waals surface area contributed by atoms with Gasteiger partial charge in [-0.1, -0.05) is 12.1 Å².